The third-order valence-corrected chi connectivity index (χ3v) is 9.17. The van der Waals surface area contributed by atoms with Crippen molar-refractivity contribution in [1.29, 1.82) is 0 Å². The normalized spacial score (nSPS) is 15.5. The fourth-order valence-electron chi connectivity index (χ4n) is 4.34. The lowest BCUT2D eigenvalue weighted by molar-refractivity contribution is -0.132. The number of piperazine rings is 1. The molecule has 1 aliphatic rings. The number of carbonyl (C=O) groups excluding carboxylic acids is 1. The van der Waals surface area contributed by atoms with Crippen LogP contribution in [0.4, 0.5) is 0 Å². The van der Waals surface area contributed by atoms with Gasteiger partial charge in [0, 0.05) is 56.7 Å². The maximum atomic E-state index is 13.1. The number of H-pyrrole nitrogens is 1. The van der Waals surface area contributed by atoms with E-state index in [-0.39, 0.29) is 28.8 Å². The maximum absolute atomic E-state index is 13.1. The molecule has 0 spiro atoms. The van der Waals surface area contributed by atoms with E-state index >= 15 is 0 Å². The van der Waals surface area contributed by atoms with E-state index in [4.69, 9.17) is 0 Å². The molecule has 1 fully saturated rings. The standard InChI is InChI=1S/C23H24N4O4S2/c1-25-20-8-7-17(14-21(20)32-23(25)29)33(30,31)27-12-10-26(11-13-27)22(28)9-6-16-15-24-19-5-3-2-4-18(16)19/h2-5,7-8,14-15,24H,6,9-13H2,1H3. The molecule has 4 aromatic rings. The minimum absolute atomic E-state index is 0.0350. The summed E-state index contributed by atoms with van der Waals surface area (Å²) in [6.07, 6.45) is 2.97. The lowest BCUT2D eigenvalue weighted by atomic mass is 10.1. The van der Waals surface area contributed by atoms with Gasteiger partial charge in [0.15, 0.2) is 0 Å². The van der Waals surface area contributed by atoms with Gasteiger partial charge in [-0.3, -0.25) is 9.59 Å². The van der Waals surface area contributed by atoms with E-state index in [1.807, 2.05) is 30.5 Å². The van der Waals surface area contributed by atoms with Crippen molar-refractivity contribution < 1.29 is 13.2 Å². The van der Waals surface area contributed by atoms with Gasteiger partial charge < -0.3 is 14.5 Å². The van der Waals surface area contributed by atoms with E-state index in [2.05, 4.69) is 4.98 Å². The van der Waals surface area contributed by atoms with E-state index in [1.54, 1.807) is 30.1 Å². The number of benzene rings is 2. The molecular weight excluding hydrogens is 460 g/mol. The lowest BCUT2D eigenvalue weighted by Gasteiger charge is -2.34. The van der Waals surface area contributed by atoms with Crippen molar-refractivity contribution in [2.75, 3.05) is 26.2 Å². The lowest BCUT2D eigenvalue weighted by Crippen LogP contribution is -2.50. The Labute approximate surface area is 195 Å². The molecular formula is C23H24N4O4S2. The van der Waals surface area contributed by atoms with Crippen LogP contribution in [0.15, 0.2) is 58.4 Å². The van der Waals surface area contributed by atoms with E-state index in [1.165, 1.54) is 8.87 Å². The van der Waals surface area contributed by atoms with Gasteiger partial charge in [-0.1, -0.05) is 29.5 Å². The highest BCUT2D eigenvalue weighted by atomic mass is 32.2. The molecule has 0 unspecified atom stereocenters. The van der Waals surface area contributed by atoms with Crippen LogP contribution in [0.1, 0.15) is 12.0 Å². The molecule has 0 bridgehead atoms. The summed E-state index contributed by atoms with van der Waals surface area (Å²) in [6, 6.07) is 12.8. The number of aryl methyl sites for hydroxylation is 2. The van der Waals surface area contributed by atoms with Crippen LogP contribution in [0.25, 0.3) is 21.1 Å². The predicted molar refractivity (Wildman–Crippen MR) is 129 cm³/mol. The summed E-state index contributed by atoms with van der Waals surface area (Å²) in [5.41, 5.74) is 2.88. The van der Waals surface area contributed by atoms with Gasteiger partial charge in [-0.15, -0.1) is 0 Å². The molecule has 1 N–H and O–H groups in total. The van der Waals surface area contributed by atoms with E-state index in [9.17, 15) is 18.0 Å². The third-order valence-electron chi connectivity index (χ3n) is 6.28. The zero-order valence-corrected chi connectivity index (χ0v) is 19.8. The topological polar surface area (TPSA) is 95.5 Å². The fourth-order valence-corrected chi connectivity index (χ4v) is 6.78. The summed E-state index contributed by atoms with van der Waals surface area (Å²) >= 11 is 1.03. The summed E-state index contributed by atoms with van der Waals surface area (Å²) in [5, 5.41) is 1.13. The highest BCUT2D eigenvalue weighted by molar-refractivity contribution is 7.89. The first-order chi connectivity index (χ1) is 15.8. The van der Waals surface area contributed by atoms with Crippen LogP contribution in [0.2, 0.25) is 0 Å². The number of rotatable bonds is 5. The second-order valence-electron chi connectivity index (χ2n) is 8.20. The first kappa shape index (κ1) is 21.9. The van der Waals surface area contributed by atoms with Crippen LogP contribution in [-0.2, 0) is 28.3 Å². The Morgan fingerprint density at radius 3 is 2.64 bits per heavy atom. The van der Waals surface area contributed by atoms with Gasteiger partial charge >= 0.3 is 4.87 Å². The smallest absolute Gasteiger partial charge is 0.307 e. The van der Waals surface area contributed by atoms with Crippen LogP contribution < -0.4 is 4.87 Å². The number of hydrogen-bond acceptors (Lipinski definition) is 5. The van der Waals surface area contributed by atoms with Crippen molar-refractivity contribution in [2.45, 2.75) is 17.7 Å². The maximum Gasteiger partial charge on any atom is 0.307 e. The number of thiazole rings is 1. The van der Waals surface area contributed by atoms with Crippen molar-refractivity contribution >= 4 is 48.4 Å². The number of aromatic amines is 1. The Morgan fingerprint density at radius 1 is 1.09 bits per heavy atom. The number of nitrogens with zero attached hydrogens (tertiary/aromatic N) is 3. The van der Waals surface area contributed by atoms with Crippen molar-refractivity contribution in [2.24, 2.45) is 7.05 Å². The van der Waals surface area contributed by atoms with Gasteiger partial charge in [-0.05, 0) is 36.2 Å². The summed E-state index contributed by atoms with van der Waals surface area (Å²) < 4.78 is 29.9. The first-order valence-corrected chi connectivity index (χ1v) is 13.0. The highest BCUT2D eigenvalue weighted by Crippen LogP contribution is 2.25. The molecule has 1 amide bonds. The molecule has 1 aliphatic heterocycles. The average Bonchev–Trinajstić information content (AvgIpc) is 3.37. The molecule has 33 heavy (non-hydrogen) atoms. The van der Waals surface area contributed by atoms with Crippen LogP contribution in [0.5, 0.6) is 0 Å². The number of carbonyl (C=O) groups is 1. The molecule has 8 nitrogen and oxygen atoms in total. The van der Waals surface area contributed by atoms with E-state index in [0.717, 1.165) is 33.3 Å². The number of aromatic nitrogens is 2. The second kappa shape index (κ2) is 8.44. The number of amides is 1. The Hall–Kier alpha value is -2.95. The third kappa shape index (κ3) is 3.98. The number of hydrogen-bond donors (Lipinski definition) is 1. The monoisotopic (exact) mass is 484 g/mol. The van der Waals surface area contributed by atoms with Crippen molar-refractivity contribution in [3.8, 4) is 0 Å². The predicted octanol–water partition coefficient (Wildman–Crippen LogP) is 2.55. The SMILES string of the molecule is Cn1c(=O)sc2cc(S(=O)(=O)N3CCN(C(=O)CCc4c[nH]c5ccccc45)CC3)ccc21. The molecule has 0 saturated carbocycles. The molecule has 0 aliphatic carbocycles. The summed E-state index contributed by atoms with van der Waals surface area (Å²) in [7, 11) is -2.02. The van der Waals surface area contributed by atoms with Gasteiger partial charge in [-0.2, -0.15) is 4.31 Å². The Kier molecular flexibility index (Phi) is 5.59. The van der Waals surface area contributed by atoms with Gasteiger partial charge in [-0.25, -0.2) is 8.42 Å². The Balaban J connectivity index is 1.22. The van der Waals surface area contributed by atoms with Crippen LogP contribution in [-0.4, -0.2) is 59.3 Å². The molecule has 0 atom stereocenters. The van der Waals surface area contributed by atoms with Crippen LogP contribution in [0, 0.1) is 0 Å². The minimum atomic E-state index is -3.69. The molecule has 2 aromatic heterocycles. The summed E-state index contributed by atoms with van der Waals surface area (Å²) in [5.74, 6) is 0.0350. The number of sulfonamides is 1. The van der Waals surface area contributed by atoms with Crippen LogP contribution in [0.3, 0.4) is 0 Å². The largest absolute Gasteiger partial charge is 0.361 e. The van der Waals surface area contributed by atoms with Crippen molar-refractivity contribution in [3.05, 3.63) is 63.9 Å². The van der Waals surface area contributed by atoms with Crippen molar-refractivity contribution in [1.82, 2.24) is 18.8 Å². The molecule has 172 valence electrons. The Bertz CT molecular complexity index is 1510. The van der Waals surface area contributed by atoms with Gasteiger partial charge in [0.05, 0.1) is 15.1 Å². The highest BCUT2D eigenvalue weighted by Gasteiger charge is 2.30. The molecule has 2 aromatic carbocycles. The number of para-hydroxylation sites is 1. The second-order valence-corrected chi connectivity index (χ2v) is 11.1. The van der Waals surface area contributed by atoms with Crippen LogP contribution >= 0.6 is 11.3 Å². The zero-order chi connectivity index (χ0) is 23.2. The quantitative estimate of drug-likeness (QED) is 0.471. The van der Waals surface area contributed by atoms with Gasteiger partial charge in [0.1, 0.15) is 0 Å². The average molecular weight is 485 g/mol. The van der Waals surface area contributed by atoms with E-state index < -0.39 is 10.0 Å². The molecule has 1 saturated heterocycles. The van der Waals surface area contributed by atoms with Gasteiger partial charge in [0.25, 0.3) is 0 Å². The van der Waals surface area contributed by atoms with Gasteiger partial charge in [0.2, 0.25) is 15.9 Å². The zero-order valence-electron chi connectivity index (χ0n) is 18.2. The first-order valence-electron chi connectivity index (χ1n) is 10.8. The molecule has 3 heterocycles. The fraction of sp³-hybridized carbons (Fsp3) is 0.304. The minimum Gasteiger partial charge on any atom is -0.361 e. The number of fused-ring (bicyclic) bond motifs is 2. The van der Waals surface area contributed by atoms with E-state index in [0.29, 0.717) is 30.6 Å². The molecule has 5 rings (SSSR count). The van der Waals surface area contributed by atoms with Crippen molar-refractivity contribution in [3.63, 3.8) is 0 Å². The molecule has 0 radical (unpaired) electrons. The Morgan fingerprint density at radius 2 is 1.85 bits per heavy atom. The molecule has 10 heteroatoms. The summed E-state index contributed by atoms with van der Waals surface area (Å²) in [4.78, 5) is 29.7. The summed E-state index contributed by atoms with van der Waals surface area (Å²) in [6.45, 7) is 1.24. The number of nitrogens with one attached hydrogen (secondary N) is 1.